The predicted molar refractivity (Wildman–Crippen MR) is 117 cm³/mol. The maximum absolute atomic E-state index is 12.7. The summed E-state index contributed by atoms with van der Waals surface area (Å²) in [5.74, 6) is 0.0677. The highest BCUT2D eigenvalue weighted by Gasteiger charge is 2.25. The highest BCUT2D eigenvalue weighted by atomic mass is 16.2. The first kappa shape index (κ1) is 19.3. The van der Waals surface area contributed by atoms with E-state index in [-0.39, 0.29) is 17.6 Å². The quantitative estimate of drug-likeness (QED) is 0.635. The number of nitrogens with zero attached hydrogens (tertiary/aromatic N) is 1. The number of amides is 1. The molecule has 0 spiro atoms. The molecule has 0 saturated carbocycles. The number of Topliss-reactive ketones (excluding diaryl/α,β-unsaturated/α-hetero) is 1. The van der Waals surface area contributed by atoms with E-state index in [0.29, 0.717) is 11.3 Å². The number of ketones is 1. The smallest absolute Gasteiger partial charge is 0.227 e. The molecule has 1 amide bonds. The fourth-order valence-corrected chi connectivity index (χ4v) is 4.08. The molecule has 3 aromatic rings. The van der Waals surface area contributed by atoms with Gasteiger partial charge in [0.15, 0.2) is 5.78 Å². The number of likely N-dealkylation sites (tertiary alicyclic amines) is 1. The number of rotatable bonds is 5. The summed E-state index contributed by atoms with van der Waals surface area (Å²) in [5, 5.41) is 5.56. The summed E-state index contributed by atoms with van der Waals surface area (Å²) < 4.78 is 0. The molecule has 0 aromatic heterocycles. The van der Waals surface area contributed by atoms with Crippen LogP contribution in [0.4, 0.5) is 5.69 Å². The number of carbonyl (C=O) groups is 2. The van der Waals surface area contributed by atoms with E-state index in [1.807, 2.05) is 6.07 Å². The molecule has 1 heterocycles. The number of carbonyl (C=O) groups excluding carboxylic acids is 2. The van der Waals surface area contributed by atoms with E-state index < -0.39 is 0 Å². The van der Waals surface area contributed by atoms with Crippen LogP contribution >= 0.6 is 0 Å². The van der Waals surface area contributed by atoms with Crippen molar-refractivity contribution in [1.29, 1.82) is 0 Å². The molecule has 1 saturated heterocycles. The second-order valence-electron chi connectivity index (χ2n) is 7.81. The minimum atomic E-state index is 0.00263. The zero-order chi connectivity index (χ0) is 20.2. The van der Waals surface area contributed by atoms with E-state index in [1.165, 1.54) is 23.3 Å². The lowest BCUT2D eigenvalue weighted by atomic mass is 9.95. The van der Waals surface area contributed by atoms with Crippen LogP contribution in [0, 0.1) is 5.92 Å². The maximum Gasteiger partial charge on any atom is 0.227 e. The molecule has 1 aliphatic rings. The molecule has 3 aromatic carbocycles. The van der Waals surface area contributed by atoms with E-state index in [9.17, 15) is 9.59 Å². The van der Waals surface area contributed by atoms with Gasteiger partial charge >= 0.3 is 0 Å². The van der Waals surface area contributed by atoms with E-state index in [4.69, 9.17) is 0 Å². The number of nitrogens with one attached hydrogen (secondary N) is 1. The van der Waals surface area contributed by atoms with E-state index in [0.717, 1.165) is 32.5 Å². The van der Waals surface area contributed by atoms with Crippen LogP contribution in [0.15, 0.2) is 66.7 Å². The normalized spacial score (nSPS) is 15.3. The van der Waals surface area contributed by atoms with Gasteiger partial charge in [0.05, 0.1) is 0 Å². The van der Waals surface area contributed by atoms with Crippen LogP contribution in [0.5, 0.6) is 0 Å². The first-order valence-corrected chi connectivity index (χ1v) is 10.2. The molecule has 4 heteroatoms. The Morgan fingerprint density at radius 2 is 1.69 bits per heavy atom. The summed E-state index contributed by atoms with van der Waals surface area (Å²) in [5.41, 5.74) is 2.65. The van der Waals surface area contributed by atoms with E-state index in [1.54, 1.807) is 18.2 Å². The average molecular weight is 386 g/mol. The first-order chi connectivity index (χ1) is 14.1. The Labute approximate surface area is 171 Å². The average Bonchev–Trinajstić information content (AvgIpc) is 2.75. The van der Waals surface area contributed by atoms with Gasteiger partial charge in [-0.05, 0) is 61.3 Å². The van der Waals surface area contributed by atoms with Crippen molar-refractivity contribution in [3.05, 3.63) is 77.9 Å². The zero-order valence-electron chi connectivity index (χ0n) is 16.7. The van der Waals surface area contributed by atoms with Gasteiger partial charge in [0.2, 0.25) is 5.91 Å². The van der Waals surface area contributed by atoms with Crippen molar-refractivity contribution in [1.82, 2.24) is 4.90 Å². The lowest BCUT2D eigenvalue weighted by Crippen LogP contribution is -2.37. The third-order valence-electron chi connectivity index (χ3n) is 5.77. The predicted octanol–water partition coefficient (Wildman–Crippen LogP) is 4.89. The van der Waals surface area contributed by atoms with Crippen molar-refractivity contribution in [2.75, 3.05) is 18.4 Å². The number of benzene rings is 3. The van der Waals surface area contributed by atoms with E-state index >= 15 is 0 Å². The Kier molecular flexibility index (Phi) is 5.72. The minimum absolute atomic E-state index is 0.00263. The van der Waals surface area contributed by atoms with Crippen LogP contribution in [-0.2, 0) is 11.3 Å². The van der Waals surface area contributed by atoms with Crippen LogP contribution in [0.25, 0.3) is 10.8 Å². The standard InChI is InChI=1S/C25H26N2O2/c1-18(28)21-8-5-10-23(16-21)26-25(29)20-12-14-27(15-13-20)17-22-9-4-7-19-6-2-3-11-24(19)22/h2-11,16,20H,12-15,17H2,1H3,(H,26,29). The zero-order valence-corrected chi connectivity index (χ0v) is 16.7. The summed E-state index contributed by atoms with van der Waals surface area (Å²) >= 11 is 0. The van der Waals surface area contributed by atoms with Gasteiger partial charge in [-0.1, -0.05) is 54.6 Å². The van der Waals surface area contributed by atoms with Crippen molar-refractivity contribution < 1.29 is 9.59 Å². The Morgan fingerprint density at radius 1 is 0.966 bits per heavy atom. The summed E-state index contributed by atoms with van der Waals surface area (Å²) in [7, 11) is 0. The summed E-state index contributed by atoms with van der Waals surface area (Å²) in [4.78, 5) is 26.6. The summed E-state index contributed by atoms with van der Waals surface area (Å²) in [6.45, 7) is 4.27. The minimum Gasteiger partial charge on any atom is -0.326 e. The SMILES string of the molecule is CC(=O)c1cccc(NC(=O)C2CCN(Cc3cccc4ccccc34)CC2)c1. The van der Waals surface area contributed by atoms with Gasteiger partial charge < -0.3 is 5.32 Å². The third-order valence-corrected chi connectivity index (χ3v) is 5.77. The number of hydrogen-bond acceptors (Lipinski definition) is 3. The molecular weight excluding hydrogens is 360 g/mol. The van der Waals surface area contributed by atoms with Crippen LogP contribution in [-0.4, -0.2) is 29.7 Å². The number of fused-ring (bicyclic) bond motifs is 1. The molecule has 0 radical (unpaired) electrons. The van der Waals surface area contributed by atoms with Crippen molar-refractivity contribution >= 4 is 28.2 Å². The Bertz CT molecular complexity index is 1030. The second-order valence-corrected chi connectivity index (χ2v) is 7.81. The van der Waals surface area contributed by atoms with Crippen molar-refractivity contribution in [3.8, 4) is 0 Å². The molecule has 1 N–H and O–H groups in total. The third kappa shape index (κ3) is 4.54. The van der Waals surface area contributed by atoms with Crippen molar-refractivity contribution in [2.24, 2.45) is 5.92 Å². The topological polar surface area (TPSA) is 49.4 Å². The molecule has 148 valence electrons. The monoisotopic (exact) mass is 386 g/mol. The van der Waals surface area contributed by atoms with Gasteiger partial charge in [-0.15, -0.1) is 0 Å². The van der Waals surface area contributed by atoms with Gasteiger partial charge in [0.1, 0.15) is 0 Å². The van der Waals surface area contributed by atoms with Crippen molar-refractivity contribution in [3.63, 3.8) is 0 Å². The first-order valence-electron chi connectivity index (χ1n) is 10.2. The molecule has 0 unspecified atom stereocenters. The lowest BCUT2D eigenvalue weighted by Gasteiger charge is -2.31. The molecule has 1 aliphatic heterocycles. The largest absolute Gasteiger partial charge is 0.326 e. The molecule has 0 aliphatic carbocycles. The molecule has 0 bridgehead atoms. The van der Waals surface area contributed by atoms with Gasteiger partial charge in [-0.25, -0.2) is 0 Å². The van der Waals surface area contributed by atoms with Crippen LogP contribution in [0.3, 0.4) is 0 Å². The summed E-state index contributed by atoms with van der Waals surface area (Å²) in [6, 6.07) is 22.1. The molecule has 29 heavy (non-hydrogen) atoms. The number of piperidine rings is 1. The van der Waals surface area contributed by atoms with Gasteiger partial charge in [0.25, 0.3) is 0 Å². The van der Waals surface area contributed by atoms with Crippen LogP contribution in [0.2, 0.25) is 0 Å². The Hall–Kier alpha value is -2.98. The number of anilines is 1. The van der Waals surface area contributed by atoms with Crippen LogP contribution in [0.1, 0.15) is 35.7 Å². The lowest BCUT2D eigenvalue weighted by molar-refractivity contribution is -0.121. The maximum atomic E-state index is 12.7. The highest BCUT2D eigenvalue weighted by Crippen LogP contribution is 2.24. The molecule has 4 nitrogen and oxygen atoms in total. The molecular formula is C25H26N2O2. The van der Waals surface area contributed by atoms with E-state index in [2.05, 4.69) is 52.7 Å². The van der Waals surface area contributed by atoms with Crippen molar-refractivity contribution in [2.45, 2.75) is 26.3 Å². The number of hydrogen-bond donors (Lipinski definition) is 1. The Morgan fingerprint density at radius 3 is 2.48 bits per heavy atom. The van der Waals surface area contributed by atoms with Gasteiger partial charge in [0, 0.05) is 23.7 Å². The molecule has 4 rings (SSSR count). The fourth-order valence-electron chi connectivity index (χ4n) is 4.08. The van der Waals surface area contributed by atoms with Crippen LogP contribution < -0.4 is 5.32 Å². The summed E-state index contributed by atoms with van der Waals surface area (Å²) in [6.07, 6.45) is 1.70. The fraction of sp³-hybridized carbons (Fsp3) is 0.280. The Balaban J connectivity index is 1.35. The highest BCUT2D eigenvalue weighted by molar-refractivity contribution is 5.97. The molecule has 1 fully saturated rings. The van der Waals surface area contributed by atoms with Gasteiger partial charge in [-0.2, -0.15) is 0 Å². The van der Waals surface area contributed by atoms with Gasteiger partial charge in [-0.3, -0.25) is 14.5 Å². The molecule has 0 atom stereocenters. The second kappa shape index (κ2) is 8.58.